The third-order valence-electron chi connectivity index (χ3n) is 8.97. The highest BCUT2D eigenvalue weighted by Gasteiger charge is 2.27. The van der Waals surface area contributed by atoms with E-state index in [4.69, 9.17) is 9.47 Å². The minimum Gasteiger partial charge on any atom is -0.459 e. The number of nitrogens with zero attached hydrogens (tertiary/aromatic N) is 4. The lowest BCUT2D eigenvalue weighted by Crippen LogP contribution is -2.48. The zero-order valence-electron chi connectivity index (χ0n) is 38.9. The number of rotatable bonds is 20. The second kappa shape index (κ2) is 20.9. The number of ketones is 2. The topological polar surface area (TPSA) is 99.7 Å². The second-order valence-corrected chi connectivity index (χ2v) is 22.0. The Morgan fingerprint density at radius 2 is 1.00 bits per heavy atom. The molecule has 0 aromatic heterocycles. The first-order valence-electron chi connectivity index (χ1n) is 21.0. The van der Waals surface area contributed by atoms with Gasteiger partial charge in [0.1, 0.15) is 11.2 Å². The number of Topliss-reactive ketones (excluding diaryl/α,β-unsaturated/α-hetero) is 1. The van der Waals surface area contributed by atoms with Crippen molar-refractivity contribution < 1.29 is 28.7 Å². The van der Waals surface area contributed by atoms with Gasteiger partial charge < -0.3 is 19.3 Å². The summed E-state index contributed by atoms with van der Waals surface area (Å²) in [6.07, 6.45) is 2.29. The van der Waals surface area contributed by atoms with E-state index in [-0.39, 0.29) is 53.9 Å². The lowest BCUT2D eigenvalue weighted by molar-refractivity contribution is -0.160. The van der Waals surface area contributed by atoms with Gasteiger partial charge in [-0.2, -0.15) is 0 Å². The molecule has 0 aliphatic heterocycles. The zero-order chi connectivity index (χ0) is 43.6. The van der Waals surface area contributed by atoms with E-state index in [1.807, 2.05) is 66.7 Å². The van der Waals surface area contributed by atoms with Crippen molar-refractivity contribution in [2.24, 2.45) is 16.2 Å². The normalized spacial score (nSPS) is 14.4. The van der Waals surface area contributed by atoms with E-state index in [0.29, 0.717) is 26.1 Å². The Labute approximate surface area is 347 Å². The Balaban J connectivity index is 2.36. The van der Waals surface area contributed by atoms with Gasteiger partial charge in [0.2, 0.25) is 0 Å². The Morgan fingerprint density at radius 3 is 1.46 bits per heavy atom. The highest BCUT2D eigenvalue weighted by molar-refractivity contribution is 6.01. The lowest BCUT2D eigenvalue weighted by atomic mass is 9.89. The van der Waals surface area contributed by atoms with Crippen LogP contribution in [0, 0.1) is 16.2 Å². The van der Waals surface area contributed by atoms with E-state index in [1.54, 1.807) is 11.0 Å². The first-order chi connectivity index (χ1) is 25.8. The van der Waals surface area contributed by atoms with Gasteiger partial charge in [-0.05, 0) is 93.1 Å². The van der Waals surface area contributed by atoms with Crippen LogP contribution in [0.2, 0.25) is 0 Å². The van der Waals surface area contributed by atoms with Crippen LogP contribution in [0.4, 0.5) is 0 Å². The minimum absolute atomic E-state index is 0.0680. The molecule has 1 aromatic carbocycles. The standard InChI is InChI=1S/C47H80N4O6/c1-35-25-38(52)28-37-26-36(17-18-40(35)37)27-39(53)29-48(20-23-50(30-41(54)56-46(11,12)13)31-42(55)57-47(14,15)16)19-21-49(32-43(2,3)4)22-24-51(33-44(5,6)7)34-45(8,9)10/h17-18,25-26H,19-24,27-34H2,1-16H3. The fourth-order valence-corrected chi connectivity index (χ4v) is 7.32. The Kier molecular flexibility index (Phi) is 18.4. The average molecular weight is 797 g/mol. The molecule has 10 nitrogen and oxygen atoms in total. The summed E-state index contributed by atoms with van der Waals surface area (Å²) in [5, 5.41) is 0. The summed E-state index contributed by atoms with van der Waals surface area (Å²) in [5.41, 5.74) is 2.94. The van der Waals surface area contributed by atoms with Crippen molar-refractivity contribution in [1.82, 2.24) is 19.6 Å². The number of ether oxygens (including phenoxy) is 2. The summed E-state index contributed by atoms with van der Waals surface area (Å²) in [4.78, 5) is 61.3. The molecular formula is C47H80N4O6. The molecule has 0 atom stereocenters. The molecule has 0 spiro atoms. The largest absolute Gasteiger partial charge is 0.459 e. The number of carbonyl (C=O) groups is 4. The summed E-state index contributed by atoms with van der Waals surface area (Å²) in [5.74, 6) is -0.692. The van der Waals surface area contributed by atoms with Crippen LogP contribution in [0.1, 0.15) is 127 Å². The Morgan fingerprint density at radius 1 is 0.579 bits per heavy atom. The molecule has 0 fully saturated rings. The molecule has 0 amide bonds. The number of allylic oxidation sites excluding steroid dienone is 2. The van der Waals surface area contributed by atoms with Crippen LogP contribution < -0.4 is 0 Å². The van der Waals surface area contributed by atoms with Crippen molar-refractivity contribution >= 4 is 29.1 Å². The monoisotopic (exact) mass is 797 g/mol. The van der Waals surface area contributed by atoms with Crippen LogP contribution in [0.5, 0.6) is 0 Å². The van der Waals surface area contributed by atoms with Gasteiger partial charge in [-0.15, -0.1) is 0 Å². The number of carbonyl (C=O) groups excluding carboxylic acids is 4. The van der Waals surface area contributed by atoms with Crippen molar-refractivity contribution in [3.8, 4) is 0 Å². The molecule has 0 saturated heterocycles. The molecule has 2 rings (SSSR count). The van der Waals surface area contributed by atoms with Crippen LogP contribution >= 0.6 is 0 Å². The lowest BCUT2D eigenvalue weighted by Gasteiger charge is -2.38. The number of benzene rings is 1. The van der Waals surface area contributed by atoms with Gasteiger partial charge in [-0.1, -0.05) is 80.5 Å². The zero-order valence-corrected chi connectivity index (χ0v) is 38.9. The molecule has 0 saturated carbocycles. The third kappa shape index (κ3) is 22.7. The molecular weight excluding hydrogens is 717 g/mol. The van der Waals surface area contributed by atoms with E-state index in [9.17, 15) is 19.2 Å². The van der Waals surface area contributed by atoms with Crippen LogP contribution in [-0.4, -0.2) is 133 Å². The molecule has 1 aliphatic rings. The number of fused-ring (bicyclic) bond motifs is 1. The van der Waals surface area contributed by atoms with Gasteiger partial charge >= 0.3 is 11.9 Å². The minimum atomic E-state index is -0.669. The first kappa shape index (κ1) is 50.2. The van der Waals surface area contributed by atoms with Gasteiger partial charge in [-0.3, -0.25) is 29.0 Å². The number of hydrogen-bond donors (Lipinski definition) is 0. The fraction of sp³-hybridized carbons (Fsp3) is 0.745. The van der Waals surface area contributed by atoms with Crippen molar-refractivity contribution in [2.45, 2.75) is 135 Å². The van der Waals surface area contributed by atoms with Gasteiger partial charge in [0.15, 0.2) is 11.6 Å². The SMILES string of the molecule is CC1=CC(=O)Cc2cc(CC(=O)CN(CCN(CC(=O)OC(C)(C)C)CC(=O)OC(C)(C)C)CCN(CCN(CC(C)(C)C)CC(C)(C)C)CC(C)(C)C)ccc21. The van der Waals surface area contributed by atoms with Gasteiger partial charge in [0, 0.05) is 71.7 Å². The van der Waals surface area contributed by atoms with E-state index in [2.05, 4.69) is 77.0 Å². The van der Waals surface area contributed by atoms with Crippen LogP contribution in [0.25, 0.3) is 5.57 Å². The van der Waals surface area contributed by atoms with Crippen molar-refractivity contribution in [1.29, 1.82) is 0 Å². The smallest absolute Gasteiger partial charge is 0.320 e. The van der Waals surface area contributed by atoms with E-state index in [1.165, 1.54) is 0 Å². The fourth-order valence-electron chi connectivity index (χ4n) is 7.32. The molecule has 1 aliphatic carbocycles. The van der Waals surface area contributed by atoms with Crippen LogP contribution in [0.15, 0.2) is 24.3 Å². The molecule has 0 bridgehead atoms. The molecule has 0 N–H and O–H groups in total. The van der Waals surface area contributed by atoms with Crippen molar-refractivity contribution in [3.05, 3.63) is 41.0 Å². The van der Waals surface area contributed by atoms with Crippen LogP contribution in [-0.2, 0) is 41.5 Å². The number of hydrogen-bond acceptors (Lipinski definition) is 10. The third-order valence-corrected chi connectivity index (χ3v) is 8.97. The molecule has 1 aromatic rings. The molecule has 0 heterocycles. The van der Waals surface area contributed by atoms with Gasteiger partial charge in [0.05, 0.1) is 19.6 Å². The van der Waals surface area contributed by atoms with Crippen molar-refractivity contribution in [2.75, 3.05) is 78.5 Å². The van der Waals surface area contributed by atoms with Gasteiger partial charge in [0.25, 0.3) is 0 Å². The average Bonchev–Trinajstić information content (AvgIpc) is 2.96. The van der Waals surface area contributed by atoms with Gasteiger partial charge in [-0.25, -0.2) is 0 Å². The maximum atomic E-state index is 13.9. The summed E-state index contributed by atoms with van der Waals surface area (Å²) < 4.78 is 11.3. The highest BCUT2D eigenvalue weighted by atomic mass is 16.6. The van der Waals surface area contributed by atoms with Crippen molar-refractivity contribution in [3.63, 3.8) is 0 Å². The summed E-state index contributed by atoms with van der Waals surface area (Å²) >= 11 is 0. The predicted octanol–water partition coefficient (Wildman–Crippen LogP) is 7.36. The van der Waals surface area contributed by atoms with Crippen LogP contribution in [0.3, 0.4) is 0 Å². The molecule has 324 valence electrons. The Bertz CT molecular complexity index is 1480. The first-order valence-corrected chi connectivity index (χ1v) is 21.0. The summed E-state index contributed by atoms with van der Waals surface area (Å²) in [7, 11) is 0. The predicted molar refractivity (Wildman–Crippen MR) is 233 cm³/mol. The van der Waals surface area contributed by atoms with E-state index >= 15 is 0 Å². The molecule has 0 radical (unpaired) electrons. The molecule has 57 heavy (non-hydrogen) atoms. The molecule has 0 unspecified atom stereocenters. The summed E-state index contributed by atoms with van der Waals surface area (Å²) in [6.45, 7) is 40.5. The van der Waals surface area contributed by atoms with E-state index in [0.717, 1.165) is 61.5 Å². The van der Waals surface area contributed by atoms with E-state index < -0.39 is 23.1 Å². The summed E-state index contributed by atoms with van der Waals surface area (Å²) in [6, 6.07) is 6.01. The maximum Gasteiger partial charge on any atom is 0.320 e. The quantitative estimate of drug-likeness (QED) is 0.125. The maximum absolute atomic E-state index is 13.9. The number of esters is 2. The second-order valence-electron chi connectivity index (χ2n) is 22.0. The highest BCUT2D eigenvalue weighted by Crippen LogP contribution is 2.26. The Hall–Kier alpha value is -2.92. The molecule has 10 heteroatoms.